The van der Waals surface area contributed by atoms with Crippen LogP contribution >= 0.6 is 0 Å². The predicted molar refractivity (Wildman–Crippen MR) is 78.4 cm³/mol. The normalized spacial score (nSPS) is 18.1. The number of aryl methyl sites for hydroxylation is 1. The molecule has 1 aromatic carbocycles. The Morgan fingerprint density at radius 2 is 2.05 bits per heavy atom. The maximum atomic E-state index is 12.1. The highest BCUT2D eigenvalue weighted by Crippen LogP contribution is 2.24. The summed E-state index contributed by atoms with van der Waals surface area (Å²) in [5.41, 5.74) is 2.14. The monoisotopic (exact) mass is 310 g/mol. The first-order chi connectivity index (χ1) is 10.5. The lowest BCUT2D eigenvalue weighted by Gasteiger charge is -2.24. The van der Waals surface area contributed by atoms with Gasteiger partial charge in [-0.05, 0) is 18.9 Å². The Labute approximate surface area is 128 Å². The fraction of sp³-hybridized carbons (Fsp3) is 0.500. The first kappa shape index (κ1) is 16.4. The molecule has 0 aromatic heterocycles. The quantitative estimate of drug-likeness (QED) is 0.876. The molecule has 1 aromatic rings. The van der Waals surface area contributed by atoms with Gasteiger partial charge in [-0.1, -0.05) is 29.8 Å². The fourth-order valence-corrected chi connectivity index (χ4v) is 2.59. The van der Waals surface area contributed by atoms with E-state index >= 15 is 0 Å². The number of rotatable bonds is 6. The summed E-state index contributed by atoms with van der Waals surface area (Å²) in [4.78, 5) is 25.3. The molecule has 1 heterocycles. The summed E-state index contributed by atoms with van der Waals surface area (Å²) in [7, 11) is 0. The average Bonchev–Trinajstić information content (AvgIpc) is 2.80. The lowest BCUT2D eigenvalue weighted by atomic mass is 10.1. The number of carbonyl (C=O) groups excluding carboxylic acids is 2. The summed E-state index contributed by atoms with van der Waals surface area (Å²) >= 11 is 0. The van der Waals surface area contributed by atoms with Crippen LogP contribution in [0.2, 0.25) is 0 Å². The van der Waals surface area contributed by atoms with Crippen molar-refractivity contribution in [2.75, 3.05) is 6.54 Å². The maximum absolute atomic E-state index is 12.1. The minimum absolute atomic E-state index is 0.00670. The van der Waals surface area contributed by atoms with Crippen molar-refractivity contribution in [3.05, 3.63) is 35.4 Å². The van der Waals surface area contributed by atoms with Gasteiger partial charge in [0.15, 0.2) is 0 Å². The molecule has 4 nitrogen and oxygen atoms in total. The van der Waals surface area contributed by atoms with Crippen molar-refractivity contribution in [1.29, 1.82) is 0 Å². The SMILES string of the molecule is Cc1ccc(CN2C(=O)CCC2CC(=O)NCC(F)F)cc1. The number of alkyl halides is 2. The Bertz CT molecular complexity index is 531. The molecule has 22 heavy (non-hydrogen) atoms. The minimum Gasteiger partial charge on any atom is -0.350 e. The van der Waals surface area contributed by atoms with Crippen LogP contribution in [0, 0.1) is 6.92 Å². The zero-order valence-electron chi connectivity index (χ0n) is 12.5. The van der Waals surface area contributed by atoms with E-state index in [2.05, 4.69) is 5.32 Å². The van der Waals surface area contributed by atoms with Crippen LogP contribution in [0.15, 0.2) is 24.3 Å². The third-order valence-corrected chi connectivity index (χ3v) is 3.80. The van der Waals surface area contributed by atoms with Gasteiger partial charge in [-0.15, -0.1) is 0 Å². The molecule has 1 saturated heterocycles. The molecular formula is C16H20F2N2O2. The molecule has 0 saturated carbocycles. The molecular weight excluding hydrogens is 290 g/mol. The lowest BCUT2D eigenvalue weighted by Crippen LogP contribution is -2.38. The fourth-order valence-electron chi connectivity index (χ4n) is 2.59. The van der Waals surface area contributed by atoms with Crippen molar-refractivity contribution >= 4 is 11.8 Å². The van der Waals surface area contributed by atoms with Gasteiger partial charge in [-0.3, -0.25) is 9.59 Å². The minimum atomic E-state index is -2.56. The van der Waals surface area contributed by atoms with Gasteiger partial charge in [-0.25, -0.2) is 8.78 Å². The van der Waals surface area contributed by atoms with E-state index in [9.17, 15) is 18.4 Å². The number of halogens is 2. The van der Waals surface area contributed by atoms with Crippen molar-refractivity contribution in [3.63, 3.8) is 0 Å². The van der Waals surface area contributed by atoms with Crippen LogP contribution in [0.1, 0.15) is 30.4 Å². The van der Waals surface area contributed by atoms with Crippen molar-refractivity contribution in [3.8, 4) is 0 Å². The topological polar surface area (TPSA) is 49.4 Å². The number of hydrogen-bond acceptors (Lipinski definition) is 2. The second-order valence-corrected chi connectivity index (χ2v) is 5.60. The van der Waals surface area contributed by atoms with E-state index in [1.807, 2.05) is 31.2 Å². The zero-order valence-corrected chi connectivity index (χ0v) is 12.5. The summed E-state index contributed by atoms with van der Waals surface area (Å²) in [5.74, 6) is -0.429. The first-order valence-corrected chi connectivity index (χ1v) is 7.35. The highest BCUT2D eigenvalue weighted by atomic mass is 19.3. The molecule has 1 unspecified atom stereocenters. The zero-order chi connectivity index (χ0) is 16.1. The summed E-state index contributed by atoms with van der Waals surface area (Å²) in [6, 6.07) is 7.64. The molecule has 1 aliphatic heterocycles. The number of hydrogen-bond donors (Lipinski definition) is 1. The van der Waals surface area contributed by atoms with E-state index in [4.69, 9.17) is 0 Å². The molecule has 0 spiro atoms. The Hall–Kier alpha value is -1.98. The maximum Gasteiger partial charge on any atom is 0.255 e. The summed E-state index contributed by atoms with van der Waals surface area (Å²) in [6.07, 6.45) is -1.49. The van der Waals surface area contributed by atoms with Gasteiger partial charge in [-0.2, -0.15) is 0 Å². The van der Waals surface area contributed by atoms with E-state index in [1.54, 1.807) is 4.90 Å². The molecule has 0 bridgehead atoms. The van der Waals surface area contributed by atoms with Gasteiger partial charge < -0.3 is 10.2 Å². The van der Waals surface area contributed by atoms with E-state index in [1.165, 1.54) is 0 Å². The molecule has 1 fully saturated rings. The number of benzene rings is 1. The predicted octanol–water partition coefficient (Wildman–Crippen LogP) is 2.26. The highest BCUT2D eigenvalue weighted by Gasteiger charge is 2.32. The number of likely N-dealkylation sites (tertiary alicyclic amines) is 1. The van der Waals surface area contributed by atoms with E-state index < -0.39 is 18.9 Å². The second kappa shape index (κ2) is 7.33. The van der Waals surface area contributed by atoms with E-state index in [0.717, 1.165) is 11.1 Å². The largest absolute Gasteiger partial charge is 0.350 e. The molecule has 2 amide bonds. The molecule has 1 aliphatic rings. The third-order valence-electron chi connectivity index (χ3n) is 3.80. The number of carbonyl (C=O) groups is 2. The summed E-state index contributed by atoms with van der Waals surface area (Å²) in [5, 5.41) is 2.19. The van der Waals surface area contributed by atoms with Crippen molar-refractivity contribution in [2.24, 2.45) is 0 Å². The Morgan fingerprint density at radius 3 is 2.68 bits per heavy atom. The van der Waals surface area contributed by atoms with Crippen LogP contribution < -0.4 is 5.32 Å². The first-order valence-electron chi connectivity index (χ1n) is 7.35. The molecule has 2 rings (SSSR count). The molecule has 1 N–H and O–H groups in total. The Kier molecular flexibility index (Phi) is 5.46. The highest BCUT2D eigenvalue weighted by molar-refractivity contribution is 5.82. The number of nitrogens with zero attached hydrogens (tertiary/aromatic N) is 1. The average molecular weight is 310 g/mol. The summed E-state index contributed by atoms with van der Waals surface area (Å²) in [6.45, 7) is 1.80. The van der Waals surface area contributed by atoms with Gasteiger partial charge in [0.25, 0.3) is 6.43 Å². The molecule has 6 heteroatoms. The molecule has 120 valence electrons. The second-order valence-electron chi connectivity index (χ2n) is 5.60. The van der Waals surface area contributed by atoms with Crippen LogP contribution in [0.5, 0.6) is 0 Å². The van der Waals surface area contributed by atoms with Crippen LogP contribution in [0.3, 0.4) is 0 Å². The number of amides is 2. The lowest BCUT2D eigenvalue weighted by molar-refractivity contribution is -0.130. The Morgan fingerprint density at radius 1 is 1.36 bits per heavy atom. The van der Waals surface area contributed by atoms with Gasteiger partial charge in [0, 0.05) is 25.4 Å². The van der Waals surface area contributed by atoms with E-state index in [-0.39, 0.29) is 18.4 Å². The molecule has 1 atom stereocenters. The van der Waals surface area contributed by atoms with Crippen LogP contribution in [0.4, 0.5) is 8.78 Å². The van der Waals surface area contributed by atoms with Crippen LogP contribution in [-0.4, -0.2) is 35.7 Å². The molecule has 0 aliphatic carbocycles. The van der Waals surface area contributed by atoms with Gasteiger partial charge in [0.05, 0.1) is 6.54 Å². The van der Waals surface area contributed by atoms with Gasteiger partial charge in [0.2, 0.25) is 11.8 Å². The van der Waals surface area contributed by atoms with Crippen molar-refractivity contribution in [1.82, 2.24) is 10.2 Å². The Balaban J connectivity index is 1.94. The van der Waals surface area contributed by atoms with Crippen molar-refractivity contribution < 1.29 is 18.4 Å². The van der Waals surface area contributed by atoms with E-state index in [0.29, 0.717) is 19.4 Å². The standard InChI is InChI=1S/C16H20F2N2O2/c1-11-2-4-12(5-3-11)10-20-13(6-7-16(20)22)8-15(21)19-9-14(17)18/h2-5,13-14H,6-10H2,1H3,(H,19,21). The van der Waals surface area contributed by atoms with Gasteiger partial charge in [0.1, 0.15) is 0 Å². The van der Waals surface area contributed by atoms with Crippen LogP contribution in [0.25, 0.3) is 0 Å². The van der Waals surface area contributed by atoms with Crippen LogP contribution in [-0.2, 0) is 16.1 Å². The number of nitrogens with one attached hydrogen (secondary N) is 1. The smallest absolute Gasteiger partial charge is 0.255 e. The van der Waals surface area contributed by atoms with Gasteiger partial charge >= 0.3 is 0 Å². The third kappa shape index (κ3) is 4.51. The van der Waals surface area contributed by atoms with Crippen molar-refractivity contribution in [2.45, 2.75) is 45.2 Å². The molecule has 0 radical (unpaired) electrons. The summed E-state index contributed by atoms with van der Waals surface area (Å²) < 4.78 is 24.2.